The van der Waals surface area contributed by atoms with E-state index in [1.807, 2.05) is 12.1 Å². The van der Waals surface area contributed by atoms with E-state index in [1.165, 1.54) is 0 Å². The summed E-state index contributed by atoms with van der Waals surface area (Å²) in [5.41, 5.74) is -3.29. The van der Waals surface area contributed by atoms with E-state index in [1.54, 1.807) is 41.0 Å². The summed E-state index contributed by atoms with van der Waals surface area (Å²) < 4.78 is 189. The maximum Gasteiger partial charge on any atom is 0.238 e. The molecule has 0 aliphatic carbocycles. The number of nitrogens with zero attached hydrogens (tertiary/aromatic N) is 5. The Morgan fingerprint density at radius 2 is 0.960 bits per heavy atom. The Hall–Kier alpha value is -6.85. The molecule has 50 heavy (non-hydrogen) atoms. The van der Waals surface area contributed by atoms with Crippen molar-refractivity contribution >= 4 is 43.6 Å². The first-order valence-electron chi connectivity index (χ1n) is 25.6. The molecule has 0 spiro atoms. The fourth-order valence-electron chi connectivity index (χ4n) is 6.06. The van der Waals surface area contributed by atoms with Gasteiger partial charge in [-0.3, -0.25) is 4.57 Å². The smallest absolute Gasteiger partial charge is 0.238 e. The molecule has 0 atom stereocenters. The minimum Gasteiger partial charge on any atom is -0.309 e. The van der Waals surface area contributed by atoms with Crippen LogP contribution in [0.15, 0.2) is 175 Å². The summed E-state index contributed by atoms with van der Waals surface area (Å²) in [5.74, 6) is -1.62. The van der Waals surface area contributed by atoms with Gasteiger partial charge in [0.25, 0.3) is 0 Å². The number of fused-ring (bicyclic) bond motifs is 6. The van der Waals surface area contributed by atoms with Crippen molar-refractivity contribution in [2.75, 3.05) is 0 Å². The molecule has 5 heteroatoms. The Morgan fingerprint density at radius 1 is 0.400 bits per heavy atom. The number of hydrogen-bond acceptors (Lipinski definition) is 3. The van der Waals surface area contributed by atoms with Crippen LogP contribution in [0.2, 0.25) is 0 Å². The second kappa shape index (κ2) is 11.4. The predicted octanol–water partition coefficient (Wildman–Crippen LogP) is 11.1. The molecule has 0 unspecified atom stereocenters. The summed E-state index contributed by atoms with van der Waals surface area (Å²) >= 11 is 0. The molecule has 10 aromatic rings. The summed E-state index contributed by atoms with van der Waals surface area (Å²) in [4.78, 5) is 14.2. The van der Waals surface area contributed by atoms with E-state index in [0.717, 1.165) is 4.57 Å². The van der Waals surface area contributed by atoms with E-state index in [9.17, 15) is 5.48 Å². The predicted molar refractivity (Wildman–Crippen MR) is 205 cm³/mol. The standard InChI is InChI=1S/C45H29N5/c1-2-15-30(16-3-1)31-17-14-18-32(29-31)43-46-44(48-45(47-43)50-40-26-11-6-21-35(40)36-22-7-12-27-41(36)50)37-23-8-13-28-42(37)49-38-24-9-4-19-33(38)34-20-5-10-25-39(34)49/h1-29H/i1D,2D,3D,4D,5D,8D,9D,10D,13D,14D,15D,16D,17D,18D,19D,20D,23D,24D,25D,28D,29D. The molecule has 0 aliphatic heterocycles. The van der Waals surface area contributed by atoms with Crippen LogP contribution in [-0.4, -0.2) is 24.1 Å². The van der Waals surface area contributed by atoms with Crippen molar-refractivity contribution in [3.63, 3.8) is 0 Å². The van der Waals surface area contributed by atoms with Gasteiger partial charge in [0.15, 0.2) is 11.6 Å². The van der Waals surface area contributed by atoms with Crippen molar-refractivity contribution in [1.82, 2.24) is 24.1 Å². The summed E-state index contributed by atoms with van der Waals surface area (Å²) in [5, 5.41) is 0.547. The summed E-state index contributed by atoms with van der Waals surface area (Å²) in [6.07, 6.45) is 0. The van der Waals surface area contributed by atoms with Crippen molar-refractivity contribution in [3.05, 3.63) is 175 Å². The summed E-state index contributed by atoms with van der Waals surface area (Å²) in [7, 11) is 0. The lowest BCUT2D eigenvalue weighted by Crippen LogP contribution is -2.07. The fraction of sp³-hybridized carbons (Fsp3) is 0. The van der Waals surface area contributed by atoms with Gasteiger partial charge >= 0.3 is 0 Å². The van der Waals surface area contributed by atoms with Crippen LogP contribution in [-0.2, 0) is 0 Å². The molecule has 0 fully saturated rings. The molecule has 3 aromatic heterocycles. The SMILES string of the molecule is [2H]c1c([2H])c([2H])c(-c2c([2H])c([2H])c([2H])c(-c3nc(-c4c([2H])c([2H])c([2H])c([2H])c4-n4c5c([2H])c([2H])c([2H])c([2H])c5c5c([2H])c([2H])c([2H])c([2H])c54)nc(-n4c5ccccc5c5ccccc54)n3)c2[2H])c([2H])c1[2H]. The first-order valence-corrected chi connectivity index (χ1v) is 15.1. The third kappa shape index (κ3) is 4.45. The Morgan fingerprint density at radius 3 is 1.68 bits per heavy atom. The monoisotopic (exact) mass is 660 g/mol. The van der Waals surface area contributed by atoms with Gasteiger partial charge in [-0.2, -0.15) is 9.97 Å². The number of benzene rings is 7. The highest BCUT2D eigenvalue weighted by Crippen LogP contribution is 2.37. The van der Waals surface area contributed by atoms with E-state index in [4.69, 9.17) is 33.3 Å². The number of aromatic nitrogens is 5. The van der Waals surface area contributed by atoms with Gasteiger partial charge in [0.2, 0.25) is 5.95 Å². The average Bonchev–Trinajstić information content (AvgIpc) is 3.89. The lowest BCUT2D eigenvalue weighted by molar-refractivity contribution is 0.952. The van der Waals surface area contributed by atoms with E-state index in [2.05, 4.69) is 4.98 Å². The van der Waals surface area contributed by atoms with Crippen LogP contribution in [0.4, 0.5) is 0 Å². The fourth-order valence-corrected chi connectivity index (χ4v) is 6.06. The molecule has 3 heterocycles. The van der Waals surface area contributed by atoms with Crippen LogP contribution in [0.3, 0.4) is 0 Å². The van der Waals surface area contributed by atoms with Crippen LogP contribution in [0.5, 0.6) is 0 Å². The lowest BCUT2D eigenvalue weighted by Gasteiger charge is -2.15. The van der Waals surface area contributed by atoms with Crippen molar-refractivity contribution in [2.45, 2.75) is 0 Å². The van der Waals surface area contributed by atoms with Gasteiger partial charge in [-0.15, -0.1) is 0 Å². The van der Waals surface area contributed by atoms with Crippen molar-refractivity contribution in [1.29, 1.82) is 0 Å². The maximum atomic E-state index is 9.57. The van der Waals surface area contributed by atoms with Crippen LogP contribution in [0.1, 0.15) is 28.8 Å². The van der Waals surface area contributed by atoms with Gasteiger partial charge in [0, 0.05) is 32.7 Å². The normalized spacial score (nSPS) is 17.5. The first kappa shape index (κ1) is 14.3. The third-order valence-corrected chi connectivity index (χ3v) is 8.15. The van der Waals surface area contributed by atoms with E-state index in [-0.39, 0.29) is 5.95 Å². The number of rotatable bonds is 5. The molecule has 0 saturated heterocycles. The van der Waals surface area contributed by atoms with Crippen LogP contribution in [0.25, 0.3) is 89.2 Å². The van der Waals surface area contributed by atoms with Gasteiger partial charge in [-0.05, 0) is 53.5 Å². The van der Waals surface area contributed by atoms with Gasteiger partial charge in [-0.1, -0.05) is 133 Å². The van der Waals surface area contributed by atoms with Crippen LogP contribution >= 0.6 is 0 Å². The Kier molecular flexibility index (Phi) is 3.26. The highest BCUT2D eigenvalue weighted by molar-refractivity contribution is 6.10. The van der Waals surface area contributed by atoms with E-state index >= 15 is 0 Å². The zero-order chi connectivity index (χ0) is 51.3. The van der Waals surface area contributed by atoms with Gasteiger partial charge in [-0.25, -0.2) is 4.98 Å². The zero-order valence-electron chi connectivity index (χ0n) is 46.4. The minimum absolute atomic E-state index is 0.323. The number of para-hydroxylation sites is 5. The van der Waals surface area contributed by atoms with Crippen LogP contribution in [0, 0.1) is 0 Å². The van der Waals surface area contributed by atoms with Crippen molar-refractivity contribution < 1.29 is 28.8 Å². The van der Waals surface area contributed by atoms with Gasteiger partial charge in [0.1, 0.15) is 0 Å². The van der Waals surface area contributed by atoms with Gasteiger partial charge < -0.3 is 4.57 Å². The summed E-state index contributed by atoms with van der Waals surface area (Å²) in [6.45, 7) is 0. The van der Waals surface area contributed by atoms with Crippen LogP contribution < -0.4 is 0 Å². The third-order valence-electron chi connectivity index (χ3n) is 8.15. The topological polar surface area (TPSA) is 48.5 Å². The molecule has 0 bridgehead atoms. The average molecular weight is 661 g/mol. The number of hydrogen-bond donors (Lipinski definition) is 0. The van der Waals surface area contributed by atoms with Crippen molar-refractivity contribution in [3.8, 4) is 45.5 Å². The molecular weight excluding hydrogens is 611 g/mol. The minimum atomic E-state index is -0.891. The molecule has 234 valence electrons. The van der Waals surface area contributed by atoms with Crippen molar-refractivity contribution in [2.24, 2.45) is 0 Å². The molecule has 0 radical (unpaired) electrons. The van der Waals surface area contributed by atoms with E-state index in [0.29, 0.717) is 21.8 Å². The quantitative estimate of drug-likeness (QED) is 0.185. The first-order chi connectivity index (χ1) is 33.5. The molecule has 0 N–H and O–H groups in total. The largest absolute Gasteiger partial charge is 0.309 e. The Bertz CT molecular complexity index is 3930. The molecule has 0 aliphatic rings. The highest BCUT2D eigenvalue weighted by Gasteiger charge is 2.21. The summed E-state index contributed by atoms with van der Waals surface area (Å²) in [6, 6.07) is -3.14. The Labute approximate surface area is 317 Å². The van der Waals surface area contributed by atoms with E-state index < -0.39 is 188 Å². The highest BCUT2D eigenvalue weighted by atomic mass is 15.2. The molecule has 10 rings (SSSR count). The second-order valence-electron chi connectivity index (χ2n) is 10.9. The molecule has 0 amide bonds. The lowest BCUT2D eigenvalue weighted by atomic mass is 10.0. The molecule has 7 aromatic carbocycles. The maximum absolute atomic E-state index is 9.57. The zero-order valence-corrected chi connectivity index (χ0v) is 25.4. The Balaban J connectivity index is 1.44. The molecule has 0 saturated carbocycles. The van der Waals surface area contributed by atoms with Gasteiger partial charge in [0.05, 0.1) is 56.5 Å². The molecular formula is C45H29N5. The second-order valence-corrected chi connectivity index (χ2v) is 10.9. The molecule has 5 nitrogen and oxygen atoms in total.